The van der Waals surface area contributed by atoms with Gasteiger partial charge in [-0.05, 0) is 18.4 Å². The summed E-state index contributed by atoms with van der Waals surface area (Å²) in [5, 5.41) is 15.6. The van der Waals surface area contributed by atoms with Crippen molar-refractivity contribution in [2.75, 3.05) is 7.11 Å². The molecular weight excluding hydrogens is 430 g/mol. The molecule has 1 aromatic heterocycles. The molecule has 0 fully saturated rings. The molecule has 1 aliphatic rings. The number of benzene rings is 1. The van der Waals surface area contributed by atoms with Gasteiger partial charge >= 0.3 is 5.97 Å². The number of carbonyl (C=O) groups is 2. The zero-order valence-electron chi connectivity index (χ0n) is 18.6. The molecule has 1 aliphatic heterocycles. The number of thiazole rings is 1. The molecule has 0 radical (unpaired) electrons. The van der Waals surface area contributed by atoms with Crippen LogP contribution in [-0.4, -0.2) is 53.2 Å². The van der Waals surface area contributed by atoms with Crippen molar-refractivity contribution in [2.24, 2.45) is 10.9 Å². The molecule has 172 valence electrons. The van der Waals surface area contributed by atoms with Crippen molar-refractivity contribution in [2.45, 2.75) is 57.9 Å². The number of aromatic nitrogens is 1. The molecule has 1 aromatic carbocycles. The Bertz CT molecular complexity index is 962. The number of aliphatic imine (C=N–C) groups is 1. The van der Waals surface area contributed by atoms with Crippen LogP contribution in [0.3, 0.4) is 0 Å². The number of aliphatic hydroxyl groups excluding tert-OH is 1. The number of ether oxygens (including phenoxy) is 2. The van der Waals surface area contributed by atoms with Crippen molar-refractivity contribution in [1.29, 1.82) is 0 Å². The van der Waals surface area contributed by atoms with Crippen molar-refractivity contribution in [1.82, 2.24) is 10.3 Å². The minimum Gasteiger partial charge on any atom is -0.470 e. The molecule has 0 bridgehead atoms. The minimum absolute atomic E-state index is 0.0836. The lowest BCUT2D eigenvalue weighted by atomic mass is 9.98. The lowest BCUT2D eigenvalue weighted by molar-refractivity contribution is -0.146. The van der Waals surface area contributed by atoms with Crippen LogP contribution >= 0.6 is 11.3 Å². The van der Waals surface area contributed by atoms with Gasteiger partial charge in [0.2, 0.25) is 11.8 Å². The van der Waals surface area contributed by atoms with Gasteiger partial charge in [0.05, 0.1) is 7.11 Å². The third kappa shape index (κ3) is 5.52. The molecule has 0 aliphatic carbocycles. The molecule has 2 N–H and O–H groups in total. The molecule has 8 nitrogen and oxygen atoms in total. The molecule has 1 amide bonds. The lowest BCUT2D eigenvalue weighted by Gasteiger charge is -2.23. The predicted molar refractivity (Wildman–Crippen MR) is 121 cm³/mol. The number of methoxy groups -OCH3 is 1. The largest absolute Gasteiger partial charge is 0.470 e. The molecule has 2 heterocycles. The fourth-order valence-electron chi connectivity index (χ4n) is 3.40. The fourth-order valence-corrected chi connectivity index (χ4v) is 4.18. The fraction of sp³-hybridized carbons (Fsp3) is 0.478. The summed E-state index contributed by atoms with van der Waals surface area (Å²) < 4.78 is 10.6. The zero-order chi connectivity index (χ0) is 23.3. The summed E-state index contributed by atoms with van der Waals surface area (Å²) in [5.41, 5.74) is 1.49. The smallest absolute Gasteiger partial charge is 0.328 e. The third-order valence-electron chi connectivity index (χ3n) is 5.53. The van der Waals surface area contributed by atoms with E-state index in [1.807, 2.05) is 44.2 Å². The summed E-state index contributed by atoms with van der Waals surface area (Å²) >= 11 is 1.32. The monoisotopic (exact) mass is 459 g/mol. The Morgan fingerprint density at radius 2 is 2.03 bits per heavy atom. The number of nitrogens with zero attached hydrogens (tertiary/aromatic N) is 2. The van der Waals surface area contributed by atoms with Crippen LogP contribution < -0.4 is 5.32 Å². The van der Waals surface area contributed by atoms with E-state index in [0.717, 1.165) is 5.56 Å². The van der Waals surface area contributed by atoms with Gasteiger partial charge in [-0.2, -0.15) is 0 Å². The maximum absolute atomic E-state index is 12.8. The Morgan fingerprint density at radius 3 is 2.69 bits per heavy atom. The summed E-state index contributed by atoms with van der Waals surface area (Å²) in [6.45, 7) is 5.56. The standard InChI is InChI=1S/C23H29N3O5S/c1-5-13(2)18(23(29)30-4)25-20(28)19-14(3)31-21(26-19)16-12-32-22(24-16)17(27)11-15-9-7-6-8-10-15/h6-10,12-14,17-19,27H,5,11H2,1-4H3,(H,25,28). The van der Waals surface area contributed by atoms with Gasteiger partial charge in [-0.3, -0.25) is 4.79 Å². The van der Waals surface area contributed by atoms with Gasteiger partial charge in [0, 0.05) is 11.8 Å². The predicted octanol–water partition coefficient (Wildman–Crippen LogP) is 2.66. The van der Waals surface area contributed by atoms with Gasteiger partial charge in [-0.25, -0.2) is 14.8 Å². The topological polar surface area (TPSA) is 110 Å². The summed E-state index contributed by atoms with van der Waals surface area (Å²) in [6, 6.07) is 8.13. The van der Waals surface area contributed by atoms with Gasteiger partial charge in [-0.1, -0.05) is 50.6 Å². The number of esters is 1. The highest BCUT2D eigenvalue weighted by molar-refractivity contribution is 7.09. The Kier molecular flexibility index (Phi) is 7.98. The molecule has 0 saturated carbocycles. The van der Waals surface area contributed by atoms with Crippen LogP contribution in [0.15, 0.2) is 40.7 Å². The van der Waals surface area contributed by atoms with E-state index in [4.69, 9.17) is 9.47 Å². The van der Waals surface area contributed by atoms with Crippen LogP contribution in [0.2, 0.25) is 0 Å². The first kappa shape index (κ1) is 23.9. The number of carbonyl (C=O) groups excluding carboxylic acids is 2. The van der Waals surface area contributed by atoms with E-state index in [1.54, 1.807) is 12.3 Å². The summed E-state index contributed by atoms with van der Waals surface area (Å²) in [7, 11) is 1.30. The average molecular weight is 460 g/mol. The molecule has 32 heavy (non-hydrogen) atoms. The Balaban J connectivity index is 1.69. The van der Waals surface area contributed by atoms with E-state index in [1.165, 1.54) is 18.4 Å². The first-order chi connectivity index (χ1) is 15.3. The maximum atomic E-state index is 12.8. The van der Waals surface area contributed by atoms with Crippen LogP contribution in [0.1, 0.15) is 49.6 Å². The van der Waals surface area contributed by atoms with E-state index >= 15 is 0 Å². The van der Waals surface area contributed by atoms with E-state index in [-0.39, 0.29) is 11.8 Å². The first-order valence-electron chi connectivity index (χ1n) is 10.6. The first-order valence-corrected chi connectivity index (χ1v) is 11.5. The molecule has 0 spiro atoms. The highest BCUT2D eigenvalue weighted by Gasteiger charge is 2.37. The van der Waals surface area contributed by atoms with Crippen molar-refractivity contribution in [3.63, 3.8) is 0 Å². The number of rotatable bonds is 9. The maximum Gasteiger partial charge on any atom is 0.328 e. The average Bonchev–Trinajstić information content (AvgIpc) is 3.44. The van der Waals surface area contributed by atoms with Gasteiger partial charge in [0.25, 0.3) is 0 Å². The second-order valence-corrected chi connectivity index (χ2v) is 8.76. The van der Waals surface area contributed by atoms with E-state index in [0.29, 0.717) is 23.5 Å². The lowest BCUT2D eigenvalue weighted by Crippen LogP contribution is -2.50. The van der Waals surface area contributed by atoms with E-state index < -0.39 is 36.2 Å². The van der Waals surface area contributed by atoms with Gasteiger partial charge in [0.15, 0.2) is 6.04 Å². The number of aliphatic hydroxyl groups is 1. The molecule has 5 atom stereocenters. The van der Waals surface area contributed by atoms with Crippen LogP contribution in [0, 0.1) is 5.92 Å². The van der Waals surface area contributed by atoms with Crippen LogP contribution in [0.25, 0.3) is 0 Å². The van der Waals surface area contributed by atoms with Crippen molar-refractivity contribution < 1.29 is 24.2 Å². The second kappa shape index (κ2) is 10.7. The minimum atomic E-state index is -0.805. The Morgan fingerprint density at radius 1 is 1.31 bits per heavy atom. The quantitative estimate of drug-likeness (QED) is 0.558. The van der Waals surface area contributed by atoms with Crippen molar-refractivity contribution in [3.05, 3.63) is 52.0 Å². The third-order valence-corrected chi connectivity index (χ3v) is 6.48. The van der Waals surface area contributed by atoms with E-state index in [2.05, 4.69) is 15.3 Å². The zero-order valence-corrected chi connectivity index (χ0v) is 19.5. The van der Waals surface area contributed by atoms with Crippen LogP contribution in [0.4, 0.5) is 0 Å². The van der Waals surface area contributed by atoms with Crippen molar-refractivity contribution >= 4 is 29.1 Å². The Labute approximate surface area is 191 Å². The Hall–Kier alpha value is -2.78. The van der Waals surface area contributed by atoms with Crippen LogP contribution in [-0.2, 0) is 25.5 Å². The molecule has 2 aromatic rings. The molecule has 0 saturated heterocycles. The van der Waals surface area contributed by atoms with Gasteiger partial charge < -0.3 is 19.9 Å². The highest BCUT2D eigenvalue weighted by atomic mass is 32.1. The highest BCUT2D eigenvalue weighted by Crippen LogP contribution is 2.25. The number of nitrogens with one attached hydrogen (secondary N) is 1. The molecular formula is C23H29N3O5S. The van der Waals surface area contributed by atoms with Crippen LogP contribution in [0.5, 0.6) is 0 Å². The SMILES string of the molecule is CCC(C)C(NC(=O)C1N=C(c2csc(C(O)Cc3ccccc3)n2)OC1C)C(=O)OC. The number of amides is 1. The summed E-state index contributed by atoms with van der Waals surface area (Å²) in [6.07, 6.45) is -0.101. The molecule has 5 unspecified atom stereocenters. The van der Waals surface area contributed by atoms with Gasteiger partial charge in [-0.15, -0.1) is 11.3 Å². The molecule has 3 rings (SSSR count). The molecule has 9 heteroatoms. The number of hydrogen-bond donors (Lipinski definition) is 2. The van der Waals surface area contributed by atoms with Gasteiger partial charge in [0.1, 0.15) is 29.0 Å². The summed E-state index contributed by atoms with van der Waals surface area (Å²) in [4.78, 5) is 33.8. The normalized spacial score (nSPS) is 20.6. The summed E-state index contributed by atoms with van der Waals surface area (Å²) in [5.74, 6) is -0.715. The second-order valence-electron chi connectivity index (χ2n) is 7.87. The van der Waals surface area contributed by atoms with E-state index in [9.17, 15) is 14.7 Å². The van der Waals surface area contributed by atoms with Crippen molar-refractivity contribution in [3.8, 4) is 0 Å². The number of hydrogen-bond acceptors (Lipinski definition) is 8.